The highest BCUT2D eigenvalue weighted by atomic mass is 35.5. The quantitative estimate of drug-likeness (QED) is 0.799. The van der Waals surface area contributed by atoms with Gasteiger partial charge in [-0.1, -0.05) is 23.2 Å². The van der Waals surface area contributed by atoms with Crippen LogP contribution in [0.1, 0.15) is 0 Å². The predicted octanol–water partition coefficient (Wildman–Crippen LogP) is 2.98. The SMILES string of the molecule is COCCNc1cnnc(Nc2ccc(Cl)c(Cl)c2)n1. The van der Waals surface area contributed by atoms with Crippen molar-refractivity contribution >= 4 is 40.7 Å². The molecule has 0 atom stereocenters. The van der Waals surface area contributed by atoms with Crippen molar-refractivity contribution in [3.63, 3.8) is 0 Å². The van der Waals surface area contributed by atoms with E-state index in [4.69, 9.17) is 27.9 Å². The van der Waals surface area contributed by atoms with E-state index < -0.39 is 0 Å². The van der Waals surface area contributed by atoms with E-state index in [-0.39, 0.29) is 0 Å². The maximum Gasteiger partial charge on any atom is 0.249 e. The first kappa shape index (κ1) is 14.8. The molecule has 0 bridgehead atoms. The second-order valence-electron chi connectivity index (χ2n) is 3.84. The van der Waals surface area contributed by atoms with Crippen LogP contribution in [0.5, 0.6) is 0 Å². The molecule has 1 heterocycles. The second-order valence-corrected chi connectivity index (χ2v) is 4.65. The number of rotatable bonds is 6. The fourth-order valence-electron chi connectivity index (χ4n) is 1.43. The fraction of sp³-hybridized carbons (Fsp3) is 0.250. The van der Waals surface area contributed by atoms with Crippen LogP contribution in [0.3, 0.4) is 0 Å². The number of ether oxygens (including phenoxy) is 1. The van der Waals surface area contributed by atoms with E-state index in [0.717, 1.165) is 5.69 Å². The fourth-order valence-corrected chi connectivity index (χ4v) is 1.72. The molecule has 0 aliphatic heterocycles. The summed E-state index contributed by atoms with van der Waals surface area (Å²) in [5, 5.41) is 14.8. The predicted molar refractivity (Wildman–Crippen MR) is 79.9 cm³/mol. The van der Waals surface area contributed by atoms with E-state index in [0.29, 0.717) is 35.0 Å². The summed E-state index contributed by atoms with van der Waals surface area (Å²) in [5.74, 6) is 0.977. The van der Waals surface area contributed by atoms with Gasteiger partial charge in [-0.3, -0.25) is 0 Å². The lowest BCUT2D eigenvalue weighted by molar-refractivity contribution is 0.210. The zero-order chi connectivity index (χ0) is 14.4. The van der Waals surface area contributed by atoms with Crippen LogP contribution in [-0.4, -0.2) is 35.4 Å². The number of methoxy groups -OCH3 is 1. The maximum atomic E-state index is 5.94. The number of nitrogens with zero attached hydrogens (tertiary/aromatic N) is 3. The standard InChI is InChI=1S/C12H13Cl2N5O/c1-20-5-4-15-11-7-16-19-12(18-11)17-8-2-3-9(13)10(14)6-8/h2-3,6-7H,4-5H2,1H3,(H2,15,17,18,19). The van der Waals surface area contributed by atoms with Gasteiger partial charge >= 0.3 is 0 Å². The molecule has 0 spiro atoms. The Bertz CT molecular complexity index is 582. The Labute approximate surface area is 126 Å². The Hall–Kier alpha value is -1.63. The second kappa shape index (κ2) is 7.23. The van der Waals surface area contributed by atoms with Crippen LogP contribution in [-0.2, 0) is 4.74 Å². The molecule has 20 heavy (non-hydrogen) atoms. The van der Waals surface area contributed by atoms with Gasteiger partial charge in [0.15, 0.2) is 5.82 Å². The smallest absolute Gasteiger partial charge is 0.249 e. The molecule has 0 unspecified atom stereocenters. The van der Waals surface area contributed by atoms with Crippen LogP contribution in [0.15, 0.2) is 24.4 Å². The Balaban J connectivity index is 2.05. The van der Waals surface area contributed by atoms with Crippen molar-refractivity contribution in [1.29, 1.82) is 0 Å². The lowest BCUT2D eigenvalue weighted by Gasteiger charge is -2.07. The number of aromatic nitrogens is 3. The molecule has 2 N–H and O–H groups in total. The number of anilines is 3. The third-order valence-electron chi connectivity index (χ3n) is 2.35. The number of halogens is 2. The molecule has 0 saturated carbocycles. The summed E-state index contributed by atoms with van der Waals surface area (Å²) in [6.45, 7) is 1.22. The van der Waals surface area contributed by atoms with E-state index in [1.54, 1.807) is 25.3 Å². The van der Waals surface area contributed by atoms with E-state index in [1.165, 1.54) is 6.20 Å². The van der Waals surface area contributed by atoms with Gasteiger partial charge in [-0.15, -0.1) is 5.10 Å². The van der Waals surface area contributed by atoms with Crippen molar-refractivity contribution in [2.75, 3.05) is 30.9 Å². The number of nitrogens with one attached hydrogen (secondary N) is 2. The summed E-state index contributed by atoms with van der Waals surface area (Å²) in [5.41, 5.74) is 0.732. The van der Waals surface area contributed by atoms with Crippen LogP contribution >= 0.6 is 23.2 Å². The van der Waals surface area contributed by atoms with Gasteiger partial charge in [-0.05, 0) is 18.2 Å². The van der Waals surface area contributed by atoms with Crippen molar-refractivity contribution in [3.05, 3.63) is 34.4 Å². The molecule has 2 aromatic rings. The molecule has 0 aliphatic carbocycles. The van der Waals surface area contributed by atoms with Gasteiger partial charge in [0.05, 0.1) is 22.8 Å². The molecule has 8 heteroatoms. The molecule has 1 aromatic carbocycles. The van der Waals surface area contributed by atoms with E-state index in [2.05, 4.69) is 25.8 Å². The van der Waals surface area contributed by atoms with Crippen molar-refractivity contribution < 1.29 is 4.74 Å². The average Bonchev–Trinajstić information content (AvgIpc) is 2.44. The van der Waals surface area contributed by atoms with Gasteiger partial charge in [0.25, 0.3) is 0 Å². The summed E-state index contributed by atoms with van der Waals surface area (Å²) in [6, 6.07) is 5.17. The van der Waals surface area contributed by atoms with Crippen LogP contribution < -0.4 is 10.6 Å². The van der Waals surface area contributed by atoms with Crippen LogP contribution in [0.25, 0.3) is 0 Å². The minimum atomic E-state index is 0.366. The zero-order valence-corrected chi connectivity index (χ0v) is 12.2. The Morgan fingerprint density at radius 3 is 2.85 bits per heavy atom. The Kier molecular flexibility index (Phi) is 5.34. The van der Waals surface area contributed by atoms with E-state index >= 15 is 0 Å². The van der Waals surface area contributed by atoms with E-state index in [1.807, 2.05) is 0 Å². The minimum Gasteiger partial charge on any atom is -0.383 e. The molecular formula is C12H13Cl2N5O. The third-order valence-corrected chi connectivity index (χ3v) is 3.09. The molecular weight excluding hydrogens is 301 g/mol. The minimum absolute atomic E-state index is 0.366. The zero-order valence-electron chi connectivity index (χ0n) is 10.7. The van der Waals surface area contributed by atoms with Gasteiger partial charge < -0.3 is 15.4 Å². The number of hydrogen-bond acceptors (Lipinski definition) is 6. The molecule has 0 fully saturated rings. The van der Waals surface area contributed by atoms with E-state index in [9.17, 15) is 0 Å². The van der Waals surface area contributed by atoms with Gasteiger partial charge in [-0.2, -0.15) is 10.1 Å². The lowest BCUT2D eigenvalue weighted by Crippen LogP contribution is -2.10. The van der Waals surface area contributed by atoms with Gasteiger partial charge in [-0.25, -0.2) is 0 Å². The Morgan fingerprint density at radius 1 is 1.25 bits per heavy atom. The van der Waals surface area contributed by atoms with Crippen LogP contribution in [0.2, 0.25) is 10.0 Å². The highest BCUT2D eigenvalue weighted by Crippen LogP contribution is 2.26. The molecule has 1 aromatic heterocycles. The molecule has 0 saturated heterocycles. The van der Waals surface area contributed by atoms with Gasteiger partial charge in [0, 0.05) is 19.3 Å². The summed E-state index contributed by atoms with van der Waals surface area (Å²) >= 11 is 11.8. The summed E-state index contributed by atoms with van der Waals surface area (Å²) in [6.07, 6.45) is 1.54. The van der Waals surface area contributed by atoms with Crippen molar-refractivity contribution in [1.82, 2.24) is 15.2 Å². The monoisotopic (exact) mass is 313 g/mol. The lowest BCUT2D eigenvalue weighted by atomic mass is 10.3. The summed E-state index contributed by atoms with van der Waals surface area (Å²) < 4.78 is 4.94. The molecule has 0 radical (unpaired) electrons. The maximum absolute atomic E-state index is 5.94. The summed E-state index contributed by atoms with van der Waals surface area (Å²) in [4.78, 5) is 4.26. The third kappa shape index (κ3) is 4.19. The van der Waals surface area contributed by atoms with Gasteiger partial charge in [0.2, 0.25) is 5.95 Å². The molecule has 0 aliphatic rings. The highest BCUT2D eigenvalue weighted by Gasteiger charge is 2.03. The van der Waals surface area contributed by atoms with Crippen LogP contribution in [0.4, 0.5) is 17.5 Å². The average molecular weight is 314 g/mol. The van der Waals surface area contributed by atoms with Gasteiger partial charge in [0.1, 0.15) is 0 Å². The number of hydrogen-bond donors (Lipinski definition) is 2. The molecule has 2 rings (SSSR count). The van der Waals surface area contributed by atoms with Crippen LogP contribution in [0, 0.1) is 0 Å². The number of benzene rings is 1. The molecule has 0 amide bonds. The first-order chi connectivity index (χ1) is 9.69. The largest absolute Gasteiger partial charge is 0.383 e. The van der Waals surface area contributed by atoms with Crippen molar-refractivity contribution in [2.45, 2.75) is 0 Å². The normalized spacial score (nSPS) is 10.3. The topological polar surface area (TPSA) is 72.0 Å². The highest BCUT2D eigenvalue weighted by molar-refractivity contribution is 6.42. The summed E-state index contributed by atoms with van der Waals surface area (Å²) in [7, 11) is 1.64. The van der Waals surface area contributed by atoms with Crippen molar-refractivity contribution in [3.8, 4) is 0 Å². The molecule has 6 nitrogen and oxygen atoms in total. The Morgan fingerprint density at radius 2 is 2.10 bits per heavy atom. The first-order valence-corrected chi connectivity index (χ1v) is 6.59. The van der Waals surface area contributed by atoms with Crippen molar-refractivity contribution in [2.24, 2.45) is 0 Å². The first-order valence-electron chi connectivity index (χ1n) is 5.83. The molecule has 106 valence electrons.